The zero-order valence-corrected chi connectivity index (χ0v) is 5.46. The van der Waals surface area contributed by atoms with Gasteiger partial charge in [0.15, 0.2) is 6.10 Å². The van der Waals surface area contributed by atoms with Gasteiger partial charge >= 0.3 is 6.03 Å². The first-order chi connectivity index (χ1) is 4.57. The highest BCUT2D eigenvalue weighted by Crippen LogP contribution is 1.82. The predicted molar refractivity (Wildman–Crippen MR) is 32.5 cm³/mol. The molecule has 0 radical (unpaired) electrons. The minimum absolute atomic E-state index is 0.657. The molecule has 0 spiro atoms. The summed E-state index contributed by atoms with van der Waals surface area (Å²) in [6.45, 7) is 1.39. The molecule has 0 saturated carbocycles. The highest BCUT2D eigenvalue weighted by Gasteiger charge is 2.12. The van der Waals surface area contributed by atoms with E-state index in [4.69, 9.17) is 0 Å². The first-order valence-electron chi connectivity index (χ1n) is 2.53. The van der Waals surface area contributed by atoms with Gasteiger partial charge in [0, 0.05) is 0 Å². The summed E-state index contributed by atoms with van der Waals surface area (Å²) in [4.78, 5) is 24.7. The van der Waals surface area contributed by atoms with E-state index in [0.717, 1.165) is 0 Å². The molecule has 0 rings (SSSR count). The van der Waals surface area contributed by atoms with Crippen LogP contribution in [0.15, 0.2) is 0 Å². The van der Waals surface area contributed by atoms with E-state index in [0.29, 0.717) is 0 Å². The van der Waals surface area contributed by atoms with E-state index < -0.39 is 18.0 Å². The third kappa shape index (κ3) is 3.00. The number of hydrogen-bond donors (Lipinski definition) is 3. The molecule has 1 atom stereocenters. The van der Waals surface area contributed by atoms with E-state index in [1.807, 2.05) is 0 Å². The quantitative estimate of drug-likeness (QED) is 0.411. The van der Waals surface area contributed by atoms with Crippen LogP contribution in [0.1, 0.15) is 6.92 Å². The van der Waals surface area contributed by atoms with Crippen LogP contribution >= 0.6 is 0 Å². The van der Waals surface area contributed by atoms with Crippen molar-refractivity contribution in [2.45, 2.75) is 13.0 Å². The van der Waals surface area contributed by atoms with Crippen LogP contribution in [0.4, 0.5) is 4.79 Å². The maximum atomic E-state index is 10.6. The van der Waals surface area contributed by atoms with Crippen molar-refractivity contribution in [3.05, 3.63) is 0 Å². The van der Waals surface area contributed by atoms with Gasteiger partial charge in [0.2, 0.25) is 0 Å². The second-order valence-corrected chi connectivity index (χ2v) is 1.63. The lowest BCUT2D eigenvalue weighted by Crippen LogP contribution is -2.42. The topological polar surface area (TPSA) is 107 Å². The molecule has 0 aliphatic heterocycles. The van der Waals surface area contributed by atoms with Gasteiger partial charge < -0.3 is 5.73 Å². The molecule has 3 amide bonds. The zero-order valence-electron chi connectivity index (χ0n) is 5.46. The second kappa shape index (κ2) is 3.80. The minimum atomic E-state index is -0.922. The predicted octanol–water partition coefficient (Wildman–Crippen LogP) is -1.54. The molecule has 0 aliphatic carbocycles. The van der Waals surface area contributed by atoms with Crippen LogP contribution in [0.25, 0.3) is 0 Å². The van der Waals surface area contributed by atoms with E-state index in [9.17, 15) is 9.59 Å². The van der Waals surface area contributed by atoms with Gasteiger partial charge in [-0.25, -0.2) is 10.7 Å². The Morgan fingerprint density at radius 3 is 2.40 bits per heavy atom. The van der Waals surface area contributed by atoms with Gasteiger partial charge in [0.1, 0.15) is 0 Å². The average Bonchev–Trinajstić information content (AvgIpc) is 1.85. The monoisotopic (exact) mass is 147 g/mol. The Morgan fingerprint density at radius 1 is 1.60 bits per heavy atom. The molecular weight excluding hydrogens is 138 g/mol. The number of amides is 3. The highest BCUT2D eigenvalue weighted by atomic mass is 16.6. The van der Waals surface area contributed by atoms with E-state index in [-0.39, 0.29) is 0 Å². The molecule has 58 valence electrons. The van der Waals surface area contributed by atoms with Crippen LogP contribution in [0, 0.1) is 0 Å². The molecule has 5 N–H and O–H groups in total. The number of nitrogens with two attached hydrogens (primary N) is 2. The summed E-state index contributed by atoms with van der Waals surface area (Å²) < 4.78 is 0. The third-order valence-corrected chi connectivity index (χ3v) is 0.820. The summed E-state index contributed by atoms with van der Waals surface area (Å²) in [5.41, 5.74) is 4.62. The summed E-state index contributed by atoms with van der Waals surface area (Å²) in [5.74, 6) is 3.98. The number of primary amides is 1. The van der Waals surface area contributed by atoms with Gasteiger partial charge in [-0.1, -0.05) is 0 Å². The van der Waals surface area contributed by atoms with Crippen LogP contribution in [0.5, 0.6) is 0 Å². The number of carbonyl (C=O) groups excluding carboxylic acids is 2. The van der Waals surface area contributed by atoms with E-state index in [2.05, 4.69) is 16.5 Å². The highest BCUT2D eigenvalue weighted by molar-refractivity contribution is 5.95. The van der Waals surface area contributed by atoms with Gasteiger partial charge in [-0.15, -0.1) is 0 Å². The maximum Gasteiger partial charge on any atom is 0.318 e. The first-order valence-corrected chi connectivity index (χ1v) is 2.53. The number of nitrogens with one attached hydrogen (secondary N) is 1. The molecular formula is C4H9N3O3. The Morgan fingerprint density at radius 2 is 2.10 bits per heavy atom. The van der Waals surface area contributed by atoms with Crippen molar-refractivity contribution < 1.29 is 14.4 Å². The summed E-state index contributed by atoms with van der Waals surface area (Å²) >= 11 is 0. The zero-order chi connectivity index (χ0) is 8.15. The van der Waals surface area contributed by atoms with Crippen molar-refractivity contribution >= 4 is 11.9 Å². The van der Waals surface area contributed by atoms with Crippen molar-refractivity contribution in [3.63, 3.8) is 0 Å². The molecule has 6 heteroatoms. The van der Waals surface area contributed by atoms with E-state index >= 15 is 0 Å². The van der Waals surface area contributed by atoms with Crippen molar-refractivity contribution in [2.24, 2.45) is 11.6 Å². The second-order valence-electron chi connectivity index (χ2n) is 1.63. The summed E-state index contributed by atoms with van der Waals surface area (Å²) in [5, 5.41) is 1.79. The lowest BCUT2D eigenvalue weighted by molar-refractivity contribution is -0.130. The van der Waals surface area contributed by atoms with E-state index in [1.165, 1.54) is 6.92 Å². The fraction of sp³-hybridized carbons (Fsp3) is 0.500. The molecule has 0 aliphatic rings. The van der Waals surface area contributed by atoms with Crippen molar-refractivity contribution in [3.8, 4) is 0 Å². The Hall–Kier alpha value is -1.14. The molecule has 1 unspecified atom stereocenters. The maximum absolute atomic E-state index is 10.6. The van der Waals surface area contributed by atoms with Crippen molar-refractivity contribution in [2.75, 3.05) is 0 Å². The molecule has 0 aromatic heterocycles. The van der Waals surface area contributed by atoms with Crippen LogP contribution < -0.4 is 16.9 Å². The van der Waals surface area contributed by atoms with Gasteiger partial charge in [-0.3, -0.25) is 14.9 Å². The Balaban J connectivity index is 3.73. The smallest absolute Gasteiger partial charge is 0.318 e. The Labute approximate surface area is 57.5 Å². The molecule has 10 heavy (non-hydrogen) atoms. The fourth-order valence-electron chi connectivity index (χ4n) is 0.285. The number of hydrogen-bond acceptors (Lipinski definition) is 4. The van der Waals surface area contributed by atoms with E-state index in [1.54, 1.807) is 5.32 Å². The largest absolute Gasteiger partial charge is 0.351 e. The Kier molecular flexibility index (Phi) is 3.37. The normalized spacial score (nSPS) is 12.2. The van der Waals surface area contributed by atoms with Crippen LogP contribution in [-0.2, 0) is 9.63 Å². The lowest BCUT2D eigenvalue weighted by atomic mass is 10.4. The van der Waals surface area contributed by atoms with Gasteiger partial charge in [-0.2, -0.15) is 0 Å². The fourth-order valence-corrected chi connectivity index (χ4v) is 0.285. The average molecular weight is 147 g/mol. The summed E-state index contributed by atoms with van der Waals surface area (Å²) in [6, 6.07) is -0.922. The lowest BCUT2D eigenvalue weighted by Gasteiger charge is -2.05. The number of imide groups is 1. The van der Waals surface area contributed by atoms with Crippen LogP contribution in [0.3, 0.4) is 0 Å². The molecule has 0 aromatic rings. The van der Waals surface area contributed by atoms with Gasteiger partial charge in [0.25, 0.3) is 5.91 Å². The van der Waals surface area contributed by atoms with Gasteiger partial charge in [-0.05, 0) is 6.92 Å². The summed E-state index contributed by atoms with van der Waals surface area (Å²) in [6.07, 6.45) is -0.868. The van der Waals surface area contributed by atoms with Crippen LogP contribution in [-0.4, -0.2) is 18.0 Å². The third-order valence-electron chi connectivity index (χ3n) is 0.820. The van der Waals surface area contributed by atoms with Crippen molar-refractivity contribution in [1.29, 1.82) is 0 Å². The molecule has 0 fully saturated rings. The number of urea groups is 1. The SMILES string of the molecule is CC(ON)C(=O)NC(N)=O. The molecule has 0 saturated heterocycles. The molecule has 6 nitrogen and oxygen atoms in total. The Bertz CT molecular complexity index is 147. The minimum Gasteiger partial charge on any atom is -0.351 e. The molecule has 0 bridgehead atoms. The number of carbonyl (C=O) groups is 2. The summed E-state index contributed by atoms with van der Waals surface area (Å²) in [7, 11) is 0. The first kappa shape index (κ1) is 8.86. The number of rotatable bonds is 2. The molecule has 0 heterocycles. The van der Waals surface area contributed by atoms with Gasteiger partial charge in [0.05, 0.1) is 0 Å². The standard InChI is InChI=1S/C4H9N3O3/c1-2(10-6)3(8)7-4(5)9/h2H,6H2,1H3,(H3,5,7,8,9). The van der Waals surface area contributed by atoms with Crippen molar-refractivity contribution in [1.82, 2.24) is 5.32 Å². The molecule has 0 aromatic carbocycles. The van der Waals surface area contributed by atoms with Crippen LogP contribution in [0.2, 0.25) is 0 Å².